The second kappa shape index (κ2) is 6.06. The highest BCUT2D eigenvalue weighted by Crippen LogP contribution is 2.29. The monoisotopic (exact) mass is 279 g/mol. The predicted molar refractivity (Wildman–Crippen MR) is 76.1 cm³/mol. The molecule has 104 valence electrons. The molecule has 4 heteroatoms. The summed E-state index contributed by atoms with van der Waals surface area (Å²) in [7, 11) is 0. The van der Waals surface area contributed by atoms with Crippen LogP contribution in [0.2, 0.25) is 0 Å². The quantitative estimate of drug-likeness (QED) is 0.829. The molecule has 2 heterocycles. The lowest BCUT2D eigenvalue weighted by molar-refractivity contribution is -0.140. The summed E-state index contributed by atoms with van der Waals surface area (Å²) in [4.78, 5) is 15.8. The second-order valence-electron chi connectivity index (χ2n) is 5.56. The summed E-state index contributed by atoms with van der Waals surface area (Å²) < 4.78 is 5.69. The Hall–Kier alpha value is -0.870. The predicted octanol–water partition coefficient (Wildman–Crippen LogP) is 3.06. The van der Waals surface area contributed by atoms with Gasteiger partial charge in [0.25, 0.3) is 0 Å². The van der Waals surface area contributed by atoms with Crippen molar-refractivity contribution in [3.63, 3.8) is 0 Å². The van der Waals surface area contributed by atoms with Crippen LogP contribution in [0.5, 0.6) is 0 Å². The first-order valence-electron chi connectivity index (χ1n) is 7.25. The summed E-state index contributed by atoms with van der Waals surface area (Å²) in [6.07, 6.45) is 5.84. The van der Waals surface area contributed by atoms with E-state index in [0.29, 0.717) is 5.91 Å². The summed E-state index contributed by atoms with van der Waals surface area (Å²) in [6, 6.07) is 4.17. The minimum Gasteiger partial charge on any atom is -0.376 e. The van der Waals surface area contributed by atoms with Crippen molar-refractivity contribution in [1.29, 1.82) is 0 Å². The van der Waals surface area contributed by atoms with Crippen molar-refractivity contribution in [3.8, 4) is 0 Å². The van der Waals surface area contributed by atoms with Crippen LogP contribution in [0.1, 0.15) is 37.0 Å². The van der Waals surface area contributed by atoms with Gasteiger partial charge in [0.2, 0.25) is 5.91 Å². The van der Waals surface area contributed by atoms with Crippen LogP contribution in [0.15, 0.2) is 17.5 Å². The van der Waals surface area contributed by atoms with Crippen LogP contribution in [0, 0.1) is 5.92 Å². The summed E-state index contributed by atoms with van der Waals surface area (Å²) >= 11 is 1.73. The van der Waals surface area contributed by atoms with E-state index >= 15 is 0 Å². The molecule has 3 rings (SSSR count). The van der Waals surface area contributed by atoms with Gasteiger partial charge in [0, 0.05) is 23.9 Å². The summed E-state index contributed by atoms with van der Waals surface area (Å²) in [6.45, 7) is 2.38. The SMILES string of the molecule is O=C(C1CCC1)N(Cc1cccs1)CC1CCCO1. The molecule has 1 saturated heterocycles. The van der Waals surface area contributed by atoms with Gasteiger partial charge in [0.1, 0.15) is 0 Å². The van der Waals surface area contributed by atoms with Crippen molar-refractivity contribution in [2.75, 3.05) is 13.2 Å². The molecule has 0 aromatic carbocycles. The number of nitrogens with zero attached hydrogens (tertiary/aromatic N) is 1. The van der Waals surface area contributed by atoms with Crippen molar-refractivity contribution in [2.24, 2.45) is 5.92 Å². The highest BCUT2D eigenvalue weighted by molar-refractivity contribution is 7.09. The molecular formula is C15H21NO2S. The highest BCUT2D eigenvalue weighted by Gasteiger charge is 2.31. The number of rotatable bonds is 5. The third-order valence-electron chi connectivity index (χ3n) is 4.14. The minimum atomic E-state index is 0.254. The summed E-state index contributed by atoms with van der Waals surface area (Å²) in [5.41, 5.74) is 0. The highest BCUT2D eigenvalue weighted by atomic mass is 32.1. The van der Waals surface area contributed by atoms with Crippen molar-refractivity contribution >= 4 is 17.2 Å². The molecule has 3 nitrogen and oxygen atoms in total. The smallest absolute Gasteiger partial charge is 0.226 e. The van der Waals surface area contributed by atoms with Crippen LogP contribution in [0.3, 0.4) is 0 Å². The van der Waals surface area contributed by atoms with Gasteiger partial charge in [-0.25, -0.2) is 0 Å². The van der Waals surface area contributed by atoms with E-state index in [9.17, 15) is 4.79 Å². The summed E-state index contributed by atoms with van der Waals surface area (Å²) in [5, 5.41) is 2.08. The Kier molecular flexibility index (Phi) is 4.18. The van der Waals surface area contributed by atoms with E-state index in [4.69, 9.17) is 4.74 Å². The van der Waals surface area contributed by atoms with Crippen molar-refractivity contribution < 1.29 is 9.53 Å². The zero-order valence-electron chi connectivity index (χ0n) is 11.2. The molecule has 19 heavy (non-hydrogen) atoms. The summed E-state index contributed by atoms with van der Waals surface area (Å²) in [5.74, 6) is 0.622. The van der Waals surface area contributed by atoms with E-state index in [2.05, 4.69) is 17.5 Å². The standard InChI is InChI=1S/C15H21NO2S/c17-15(12-4-1-5-12)16(10-13-6-2-8-18-13)11-14-7-3-9-19-14/h3,7,9,12-13H,1-2,4-6,8,10-11H2. The molecule has 2 aliphatic rings. The molecule has 2 fully saturated rings. The Morgan fingerprint density at radius 1 is 1.37 bits per heavy atom. The number of thiophene rings is 1. The van der Waals surface area contributed by atoms with Gasteiger partial charge >= 0.3 is 0 Å². The maximum Gasteiger partial charge on any atom is 0.226 e. The number of ether oxygens (including phenoxy) is 1. The topological polar surface area (TPSA) is 29.5 Å². The average molecular weight is 279 g/mol. The molecule has 1 saturated carbocycles. The minimum absolute atomic E-state index is 0.254. The zero-order chi connectivity index (χ0) is 13.1. The van der Waals surface area contributed by atoms with Gasteiger partial charge in [-0.1, -0.05) is 12.5 Å². The third-order valence-corrected chi connectivity index (χ3v) is 5.00. The fourth-order valence-corrected chi connectivity index (χ4v) is 3.49. The Bertz CT molecular complexity index is 408. The Morgan fingerprint density at radius 2 is 2.26 bits per heavy atom. The van der Waals surface area contributed by atoms with Gasteiger partial charge in [-0.05, 0) is 37.1 Å². The molecule has 0 radical (unpaired) electrons. The fraction of sp³-hybridized carbons (Fsp3) is 0.667. The number of carbonyl (C=O) groups excluding carboxylic acids is 1. The Balaban J connectivity index is 1.64. The average Bonchev–Trinajstić information content (AvgIpc) is 2.98. The van der Waals surface area contributed by atoms with Crippen molar-refractivity contribution in [3.05, 3.63) is 22.4 Å². The lowest BCUT2D eigenvalue weighted by atomic mass is 9.84. The maximum atomic E-state index is 12.5. The van der Waals surface area contributed by atoms with E-state index in [1.807, 2.05) is 4.90 Å². The molecule has 0 bridgehead atoms. The first-order valence-corrected chi connectivity index (χ1v) is 8.13. The fourth-order valence-electron chi connectivity index (χ4n) is 2.77. The second-order valence-corrected chi connectivity index (χ2v) is 6.59. The molecule has 0 N–H and O–H groups in total. The van der Waals surface area contributed by atoms with Gasteiger partial charge in [0.05, 0.1) is 12.6 Å². The molecule has 1 aliphatic carbocycles. The van der Waals surface area contributed by atoms with E-state index in [1.165, 1.54) is 11.3 Å². The Morgan fingerprint density at radius 3 is 2.84 bits per heavy atom. The molecule has 1 amide bonds. The van der Waals surface area contributed by atoms with E-state index in [1.54, 1.807) is 11.3 Å². The molecule has 0 spiro atoms. The van der Waals surface area contributed by atoms with E-state index in [-0.39, 0.29) is 12.0 Å². The number of hydrogen-bond donors (Lipinski definition) is 0. The van der Waals surface area contributed by atoms with E-state index in [0.717, 1.165) is 45.4 Å². The lowest BCUT2D eigenvalue weighted by Gasteiger charge is -2.32. The van der Waals surface area contributed by atoms with Crippen molar-refractivity contribution in [1.82, 2.24) is 4.90 Å². The first-order chi connectivity index (χ1) is 9.33. The van der Waals surface area contributed by atoms with E-state index < -0.39 is 0 Å². The van der Waals surface area contributed by atoms with Gasteiger partial charge < -0.3 is 9.64 Å². The largest absolute Gasteiger partial charge is 0.376 e. The van der Waals surface area contributed by atoms with Crippen LogP contribution in [-0.2, 0) is 16.1 Å². The van der Waals surface area contributed by atoms with Crippen LogP contribution in [0.25, 0.3) is 0 Å². The van der Waals surface area contributed by atoms with Gasteiger partial charge in [-0.2, -0.15) is 0 Å². The van der Waals surface area contributed by atoms with Gasteiger partial charge in [0.15, 0.2) is 0 Å². The number of amides is 1. The number of hydrogen-bond acceptors (Lipinski definition) is 3. The number of carbonyl (C=O) groups is 1. The lowest BCUT2D eigenvalue weighted by Crippen LogP contribution is -2.42. The molecule has 1 aromatic rings. The van der Waals surface area contributed by atoms with Crippen LogP contribution < -0.4 is 0 Å². The third kappa shape index (κ3) is 3.18. The molecule has 1 aliphatic heterocycles. The normalized spacial score (nSPS) is 23.3. The maximum absolute atomic E-state index is 12.5. The first kappa shape index (κ1) is 13.1. The van der Waals surface area contributed by atoms with Crippen LogP contribution in [-0.4, -0.2) is 30.1 Å². The van der Waals surface area contributed by atoms with Crippen molar-refractivity contribution in [2.45, 2.75) is 44.8 Å². The Labute approximate surface area is 118 Å². The van der Waals surface area contributed by atoms with Gasteiger partial charge in [-0.15, -0.1) is 11.3 Å². The van der Waals surface area contributed by atoms with Crippen LogP contribution >= 0.6 is 11.3 Å². The molecule has 1 unspecified atom stereocenters. The molecule has 1 atom stereocenters. The molecular weight excluding hydrogens is 258 g/mol. The zero-order valence-corrected chi connectivity index (χ0v) is 12.0. The molecule has 1 aromatic heterocycles. The van der Waals surface area contributed by atoms with Gasteiger partial charge in [-0.3, -0.25) is 4.79 Å². The van der Waals surface area contributed by atoms with Crippen LogP contribution in [0.4, 0.5) is 0 Å².